The third kappa shape index (κ3) is 5.57. The van der Waals surface area contributed by atoms with E-state index < -0.39 is 11.8 Å². The predicted molar refractivity (Wildman–Crippen MR) is 111 cm³/mol. The normalized spacial score (nSPS) is 15.9. The van der Waals surface area contributed by atoms with Crippen molar-refractivity contribution in [3.63, 3.8) is 0 Å². The minimum atomic E-state index is -0.887. The molecule has 0 aromatic heterocycles. The van der Waals surface area contributed by atoms with Gasteiger partial charge in [-0.3, -0.25) is 14.4 Å². The number of carbonyl (C=O) groups is 3. The first kappa shape index (κ1) is 21.3. The van der Waals surface area contributed by atoms with Gasteiger partial charge in [0, 0.05) is 6.54 Å². The first-order chi connectivity index (χ1) is 14.6. The van der Waals surface area contributed by atoms with E-state index in [2.05, 4.69) is 10.6 Å². The van der Waals surface area contributed by atoms with Gasteiger partial charge >= 0.3 is 11.8 Å². The monoisotopic (exact) mass is 411 g/mol. The summed E-state index contributed by atoms with van der Waals surface area (Å²) >= 11 is 0. The molecule has 8 nitrogen and oxygen atoms in total. The lowest BCUT2D eigenvalue weighted by Gasteiger charge is -2.33. The summed E-state index contributed by atoms with van der Waals surface area (Å²) in [5.74, 6) is -1.55. The Morgan fingerprint density at radius 3 is 2.57 bits per heavy atom. The van der Waals surface area contributed by atoms with Gasteiger partial charge in [0.05, 0.1) is 32.0 Å². The van der Waals surface area contributed by atoms with Crippen LogP contribution in [0.1, 0.15) is 18.6 Å². The summed E-state index contributed by atoms with van der Waals surface area (Å²) in [6, 6.07) is 16.5. The van der Waals surface area contributed by atoms with Gasteiger partial charge in [0.2, 0.25) is 5.91 Å². The maximum atomic E-state index is 12.5. The summed E-state index contributed by atoms with van der Waals surface area (Å²) in [5, 5.41) is 4.89. The van der Waals surface area contributed by atoms with Gasteiger partial charge < -0.3 is 25.0 Å². The fraction of sp³-hybridized carbons (Fsp3) is 0.318. The molecule has 1 aliphatic rings. The number of nitrogens with one attached hydrogen (secondary N) is 2. The summed E-state index contributed by atoms with van der Waals surface area (Å²) in [6.07, 6.45) is -0.210. The highest BCUT2D eigenvalue weighted by Crippen LogP contribution is 2.23. The molecule has 2 aromatic rings. The fourth-order valence-electron chi connectivity index (χ4n) is 3.12. The van der Waals surface area contributed by atoms with Crippen molar-refractivity contribution in [2.45, 2.75) is 13.0 Å². The molecule has 0 aliphatic carbocycles. The fourth-order valence-corrected chi connectivity index (χ4v) is 3.12. The molecule has 0 radical (unpaired) electrons. The average Bonchev–Trinajstić information content (AvgIpc) is 2.79. The first-order valence-electron chi connectivity index (χ1n) is 9.83. The van der Waals surface area contributed by atoms with E-state index in [0.29, 0.717) is 37.7 Å². The molecular formula is C22H25N3O5. The molecule has 1 saturated heterocycles. The van der Waals surface area contributed by atoms with E-state index in [0.717, 1.165) is 5.56 Å². The molecule has 30 heavy (non-hydrogen) atoms. The Morgan fingerprint density at radius 1 is 1.07 bits per heavy atom. The number of nitrogens with zero attached hydrogens (tertiary/aromatic N) is 1. The molecule has 1 atom stereocenters. The molecule has 0 bridgehead atoms. The van der Waals surface area contributed by atoms with Gasteiger partial charge in [-0.05, 0) is 24.6 Å². The van der Waals surface area contributed by atoms with Crippen LogP contribution in [0.3, 0.4) is 0 Å². The molecule has 1 unspecified atom stereocenters. The Labute approximate surface area is 175 Å². The number of anilines is 1. The highest BCUT2D eigenvalue weighted by atomic mass is 16.5. The zero-order valence-electron chi connectivity index (χ0n) is 16.8. The summed E-state index contributed by atoms with van der Waals surface area (Å²) in [6.45, 7) is 3.23. The second kappa shape index (κ2) is 10.4. The number of benzene rings is 2. The van der Waals surface area contributed by atoms with Crippen LogP contribution in [0, 0.1) is 0 Å². The standard InChI is InChI=1S/C22H25N3O5/c1-2-29-18-11-7-6-10-17(18)24-22(28)21(27)23-14-20(26)25-12-13-30-19(15-25)16-8-4-3-5-9-16/h3-11,19H,2,12-15H2,1H3,(H,23,27)(H,24,28). The number of para-hydroxylation sites is 2. The van der Waals surface area contributed by atoms with Crippen LogP contribution in [0.25, 0.3) is 0 Å². The summed E-state index contributed by atoms with van der Waals surface area (Å²) in [7, 11) is 0. The molecule has 3 rings (SSSR count). The molecule has 0 saturated carbocycles. The van der Waals surface area contributed by atoms with Crippen molar-refractivity contribution < 1.29 is 23.9 Å². The Kier molecular flexibility index (Phi) is 7.40. The van der Waals surface area contributed by atoms with Gasteiger partial charge in [-0.15, -0.1) is 0 Å². The lowest BCUT2D eigenvalue weighted by atomic mass is 10.1. The number of morpholine rings is 1. The van der Waals surface area contributed by atoms with Crippen LogP contribution in [0.2, 0.25) is 0 Å². The van der Waals surface area contributed by atoms with Gasteiger partial charge in [0.1, 0.15) is 11.9 Å². The van der Waals surface area contributed by atoms with Crippen molar-refractivity contribution in [2.24, 2.45) is 0 Å². The Bertz CT molecular complexity index is 887. The number of ether oxygens (including phenoxy) is 2. The lowest BCUT2D eigenvalue weighted by molar-refractivity contribution is -0.141. The maximum Gasteiger partial charge on any atom is 0.313 e. The molecule has 158 valence electrons. The third-order valence-electron chi connectivity index (χ3n) is 4.63. The SMILES string of the molecule is CCOc1ccccc1NC(=O)C(=O)NCC(=O)N1CCOC(c2ccccc2)C1. The van der Waals surface area contributed by atoms with Gasteiger partial charge in [-0.2, -0.15) is 0 Å². The summed E-state index contributed by atoms with van der Waals surface area (Å²) in [5.41, 5.74) is 1.39. The third-order valence-corrected chi connectivity index (χ3v) is 4.63. The van der Waals surface area contributed by atoms with Crippen LogP contribution in [0.5, 0.6) is 5.75 Å². The predicted octanol–water partition coefficient (Wildman–Crippen LogP) is 1.74. The number of rotatable bonds is 6. The number of carbonyl (C=O) groups excluding carboxylic acids is 3. The minimum Gasteiger partial charge on any atom is -0.492 e. The lowest BCUT2D eigenvalue weighted by Crippen LogP contribution is -2.48. The van der Waals surface area contributed by atoms with Crippen LogP contribution in [-0.2, 0) is 19.1 Å². The van der Waals surface area contributed by atoms with E-state index in [-0.39, 0.29) is 18.6 Å². The molecule has 1 fully saturated rings. The smallest absolute Gasteiger partial charge is 0.313 e. The van der Waals surface area contributed by atoms with Crippen LogP contribution in [0.4, 0.5) is 5.69 Å². The topological polar surface area (TPSA) is 97.0 Å². The summed E-state index contributed by atoms with van der Waals surface area (Å²) in [4.78, 5) is 38.4. The second-order valence-corrected chi connectivity index (χ2v) is 6.68. The molecule has 1 aliphatic heterocycles. The van der Waals surface area contributed by atoms with E-state index in [1.54, 1.807) is 29.2 Å². The van der Waals surface area contributed by atoms with Gasteiger partial charge in [-0.1, -0.05) is 42.5 Å². The number of amides is 3. The van der Waals surface area contributed by atoms with Crippen molar-refractivity contribution in [2.75, 3.05) is 38.2 Å². The first-order valence-corrected chi connectivity index (χ1v) is 9.83. The van der Waals surface area contributed by atoms with Gasteiger partial charge in [0.25, 0.3) is 0 Å². The molecular weight excluding hydrogens is 386 g/mol. The summed E-state index contributed by atoms with van der Waals surface area (Å²) < 4.78 is 11.2. The van der Waals surface area contributed by atoms with Gasteiger partial charge in [-0.25, -0.2) is 0 Å². The molecule has 2 aromatic carbocycles. The van der Waals surface area contributed by atoms with Crippen molar-refractivity contribution in [3.05, 3.63) is 60.2 Å². The van der Waals surface area contributed by atoms with E-state index in [1.807, 2.05) is 37.3 Å². The highest BCUT2D eigenvalue weighted by molar-refractivity contribution is 6.40. The zero-order chi connectivity index (χ0) is 21.3. The number of hydrogen-bond donors (Lipinski definition) is 2. The Morgan fingerprint density at radius 2 is 1.80 bits per heavy atom. The van der Waals surface area contributed by atoms with E-state index in [9.17, 15) is 14.4 Å². The van der Waals surface area contributed by atoms with Gasteiger partial charge in [0.15, 0.2) is 0 Å². The number of hydrogen-bond acceptors (Lipinski definition) is 5. The van der Waals surface area contributed by atoms with Crippen molar-refractivity contribution in [1.29, 1.82) is 0 Å². The largest absolute Gasteiger partial charge is 0.492 e. The highest BCUT2D eigenvalue weighted by Gasteiger charge is 2.26. The van der Waals surface area contributed by atoms with E-state index in [4.69, 9.17) is 9.47 Å². The zero-order valence-corrected chi connectivity index (χ0v) is 16.8. The Hall–Kier alpha value is -3.39. The van der Waals surface area contributed by atoms with Crippen molar-refractivity contribution >= 4 is 23.4 Å². The van der Waals surface area contributed by atoms with E-state index >= 15 is 0 Å². The van der Waals surface area contributed by atoms with Crippen molar-refractivity contribution in [3.8, 4) is 5.75 Å². The quantitative estimate of drug-likeness (QED) is 0.706. The minimum absolute atomic E-state index is 0.210. The molecule has 8 heteroatoms. The van der Waals surface area contributed by atoms with E-state index in [1.165, 1.54) is 0 Å². The van der Waals surface area contributed by atoms with Crippen LogP contribution < -0.4 is 15.4 Å². The van der Waals surface area contributed by atoms with Crippen molar-refractivity contribution in [1.82, 2.24) is 10.2 Å². The molecule has 0 spiro atoms. The Balaban J connectivity index is 1.50. The van der Waals surface area contributed by atoms with Crippen LogP contribution in [-0.4, -0.2) is 55.5 Å². The molecule has 3 amide bonds. The van der Waals surface area contributed by atoms with Crippen LogP contribution >= 0.6 is 0 Å². The molecule has 1 heterocycles. The average molecular weight is 411 g/mol. The van der Waals surface area contributed by atoms with Crippen LogP contribution in [0.15, 0.2) is 54.6 Å². The second-order valence-electron chi connectivity index (χ2n) is 6.68. The maximum absolute atomic E-state index is 12.5. The molecule has 2 N–H and O–H groups in total.